The summed E-state index contributed by atoms with van der Waals surface area (Å²) in [5.41, 5.74) is 0.365. The second kappa shape index (κ2) is 3.88. The summed E-state index contributed by atoms with van der Waals surface area (Å²) in [7, 11) is 0. The van der Waals surface area contributed by atoms with Crippen molar-refractivity contribution < 1.29 is 4.52 Å². The van der Waals surface area contributed by atoms with Crippen molar-refractivity contribution in [3.8, 4) is 11.6 Å². The number of hydrogen-bond acceptors (Lipinski definition) is 5. The zero-order valence-corrected chi connectivity index (χ0v) is 9.34. The predicted molar refractivity (Wildman–Crippen MR) is 56.9 cm³/mol. The summed E-state index contributed by atoms with van der Waals surface area (Å²) in [6.45, 7) is 5.50. The average molecular weight is 220 g/mol. The quantitative estimate of drug-likeness (QED) is 0.759. The molecule has 0 saturated carbocycles. The largest absolute Gasteiger partial charge is 0.332 e. The van der Waals surface area contributed by atoms with Crippen LogP contribution in [0.1, 0.15) is 25.7 Å². The van der Waals surface area contributed by atoms with Gasteiger partial charge in [0.15, 0.2) is 5.82 Å². The van der Waals surface area contributed by atoms with E-state index in [9.17, 15) is 4.79 Å². The second-order valence-electron chi connectivity index (χ2n) is 3.74. The minimum atomic E-state index is -0.144. The van der Waals surface area contributed by atoms with Crippen LogP contribution in [0.25, 0.3) is 11.6 Å². The van der Waals surface area contributed by atoms with E-state index in [1.807, 2.05) is 13.8 Å². The lowest BCUT2D eigenvalue weighted by molar-refractivity contribution is 0.420. The zero-order valence-electron chi connectivity index (χ0n) is 9.34. The number of aryl methyl sites for hydroxylation is 1. The number of rotatable bonds is 2. The van der Waals surface area contributed by atoms with Crippen LogP contribution in [0.2, 0.25) is 0 Å². The van der Waals surface area contributed by atoms with Crippen LogP contribution in [0.5, 0.6) is 0 Å². The molecule has 0 bridgehead atoms. The third kappa shape index (κ3) is 1.86. The van der Waals surface area contributed by atoms with Gasteiger partial charge in [0.25, 0.3) is 11.4 Å². The maximum Gasteiger partial charge on any atom is 0.278 e. The summed E-state index contributed by atoms with van der Waals surface area (Å²) >= 11 is 0. The van der Waals surface area contributed by atoms with E-state index < -0.39 is 0 Å². The lowest BCUT2D eigenvalue weighted by Crippen LogP contribution is -2.23. The molecule has 0 unspecified atom stereocenters. The number of hydrogen-bond donors (Lipinski definition) is 0. The molecule has 2 heterocycles. The predicted octanol–water partition coefficient (Wildman–Crippen LogP) is 1.18. The summed E-state index contributed by atoms with van der Waals surface area (Å²) in [4.78, 5) is 15.5. The summed E-state index contributed by atoms with van der Waals surface area (Å²) < 4.78 is 6.37. The Morgan fingerprint density at radius 2 is 2.12 bits per heavy atom. The van der Waals surface area contributed by atoms with Gasteiger partial charge in [0.2, 0.25) is 0 Å². The van der Waals surface area contributed by atoms with E-state index in [0.29, 0.717) is 17.4 Å². The van der Waals surface area contributed by atoms with Gasteiger partial charge in [-0.25, -0.2) is 4.68 Å². The van der Waals surface area contributed by atoms with Crippen molar-refractivity contribution in [2.24, 2.45) is 0 Å². The van der Waals surface area contributed by atoms with Crippen LogP contribution in [0.15, 0.2) is 21.5 Å². The van der Waals surface area contributed by atoms with Crippen LogP contribution in [0.3, 0.4) is 0 Å². The molecular formula is C10H12N4O2. The van der Waals surface area contributed by atoms with E-state index in [-0.39, 0.29) is 11.6 Å². The summed E-state index contributed by atoms with van der Waals surface area (Å²) in [5.74, 6) is 0.867. The van der Waals surface area contributed by atoms with Gasteiger partial charge < -0.3 is 4.52 Å². The maximum atomic E-state index is 11.5. The highest BCUT2D eigenvalue weighted by Crippen LogP contribution is 2.12. The molecule has 6 heteroatoms. The average Bonchev–Trinajstić information content (AvgIpc) is 2.65. The van der Waals surface area contributed by atoms with Gasteiger partial charge in [0.05, 0.1) is 6.04 Å². The van der Waals surface area contributed by atoms with E-state index >= 15 is 0 Å². The van der Waals surface area contributed by atoms with Crippen molar-refractivity contribution in [1.29, 1.82) is 0 Å². The van der Waals surface area contributed by atoms with Gasteiger partial charge in [0.1, 0.15) is 5.69 Å². The molecule has 0 spiro atoms. The Bertz CT molecular complexity index is 556. The Balaban J connectivity index is 2.51. The Morgan fingerprint density at radius 3 is 2.69 bits per heavy atom. The van der Waals surface area contributed by atoms with Crippen molar-refractivity contribution in [3.05, 3.63) is 28.3 Å². The van der Waals surface area contributed by atoms with E-state index in [4.69, 9.17) is 4.52 Å². The first-order chi connectivity index (χ1) is 7.58. The molecule has 0 aliphatic carbocycles. The molecule has 0 radical (unpaired) electrons. The Hall–Kier alpha value is -1.98. The van der Waals surface area contributed by atoms with E-state index in [1.54, 1.807) is 13.0 Å². The van der Waals surface area contributed by atoms with Crippen LogP contribution in [-0.2, 0) is 0 Å². The minimum Gasteiger partial charge on any atom is -0.332 e. The van der Waals surface area contributed by atoms with Gasteiger partial charge in [-0.15, -0.1) is 0 Å². The van der Waals surface area contributed by atoms with Crippen LogP contribution >= 0.6 is 0 Å². The lowest BCUT2D eigenvalue weighted by atomic mass is 10.3. The normalized spacial score (nSPS) is 11.0. The Kier molecular flexibility index (Phi) is 2.55. The van der Waals surface area contributed by atoms with E-state index in [1.165, 1.54) is 10.7 Å². The van der Waals surface area contributed by atoms with E-state index in [2.05, 4.69) is 15.2 Å². The molecule has 0 fully saturated rings. The molecule has 2 rings (SSSR count). The van der Waals surface area contributed by atoms with Crippen molar-refractivity contribution in [2.75, 3.05) is 0 Å². The van der Waals surface area contributed by atoms with Gasteiger partial charge >= 0.3 is 0 Å². The molecule has 0 atom stereocenters. The fourth-order valence-corrected chi connectivity index (χ4v) is 1.31. The van der Waals surface area contributed by atoms with Crippen molar-refractivity contribution in [2.45, 2.75) is 26.8 Å². The zero-order chi connectivity index (χ0) is 11.7. The van der Waals surface area contributed by atoms with Crippen LogP contribution in [-0.4, -0.2) is 19.9 Å². The fourth-order valence-electron chi connectivity index (χ4n) is 1.31. The van der Waals surface area contributed by atoms with Crippen molar-refractivity contribution in [1.82, 2.24) is 19.9 Å². The van der Waals surface area contributed by atoms with E-state index in [0.717, 1.165) is 0 Å². The minimum absolute atomic E-state index is 0.00327. The molecule has 0 aliphatic rings. The highest BCUT2D eigenvalue weighted by molar-refractivity contribution is 5.44. The van der Waals surface area contributed by atoms with Crippen LogP contribution < -0.4 is 5.56 Å². The maximum absolute atomic E-state index is 11.5. The molecule has 0 aliphatic heterocycles. The van der Waals surface area contributed by atoms with Crippen molar-refractivity contribution in [3.63, 3.8) is 0 Å². The third-order valence-corrected chi connectivity index (χ3v) is 2.06. The van der Waals surface area contributed by atoms with Crippen molar-refractivity contribution >= 4 is 0 Å². The molecule has 0 saturated heterocycles. The molecule has 2 aromatic rings. The molecule has 0 aromatic carbocycles. The first-order valence-corrected chi connectivity index (χ1v) is 4.98. The second-order valence-corrected chi connectivity index (χ2v) is 3.74. The van der Waals surface area contributed by atoms with Gasteiger partial charge in [-0.2, -0.15) is 10.1 Å². The highest BCUT2D eigenvalue weighted by Gasteiger charge is 2.10. The molecular weight excluding hydrogens is 208 g/mol. The molecule has 0 N–H and O–H groups in total. The molecule has 16 heavy (non-hydrogen) atoms. The smallest absolute Gasteiger partial charge is 0.278 e. The van der Waals surface area contributed by atoms with Gasteiger partial charge in [-0.1, -0.05) is 5.16 Å². The highest BCUT2D eigenvalue weighted by atomic mass is 16.5. The number of nitrogens with zero attached hydrogens (tertiary/aromatic N) is 4. The molecule has 6 nitrogen and oxygen atoms in total. The SMILES string of the molecule is Cc1noc(-c2ccc(=O)n(C(C)C)n2)n1. The third-order valence-electron chi connectivity index (χ3n) is 2.06. The standard InChI is InChI=1S/C10H12N4O2/c1-6(2)14-9(15)5-4-8(12-14)10-11-7(3)13-16-10/h4-6H,1-3H3. The van der Waals surface area contributed by atoms with Gasteiger partial charge in [-0.05, 0) is 26.8 Å². The molecule has 2 aromatic heterocycles. The summed E-state index contributed by atoms with van der Waals surface area (Å²) in [6.07, 6.45) is 0. The Morgan fingerprint density at radius 1 is 1.38 bits per heavy atom. The van der Waals surface area contributed by atoms with Gasteiger partial charge in [-0.3, -0.25) is 4.79 Å². The lowest BCUT2D eigenvalue weighted by Gasteiger charge is -2.07. The molecule has 0 amide bonds. The number of aromatic nitrogens is 4. The van der Waals surface area contributed by atoms with Gasteiger partial charge in [0, 0.05) is 6.07 Å². The topological polar surface area (TPSA) is 73.8 Å². The Labute approximate surface area is 91.9 Å². The molecule has 84 valence electrons. The van der Waals surface area contributed by atoms with Crippen LogP contribution in [0.4, 0.5) is 0 Å². The monoisotopic (exact) mass is 220 g/mol. The van der Waals surface area contributed by atoms with Crippen LogP contribution in [0, 0.1) is 6.92 Å². The summed E-state index contributed by atoms with van der Waals surface area (Å²) in [5, 5.41) is 7.84. The first-order valence-electron chi connectivity index (χ1n) is 4.98. The fraction of sp³-hybridized carbons (Fsp3) is 0.400. The summed E-state index contributed by atoms with van der Waals surface area (Å²) in [6, 6.07) is 3.02. The first kappa shape index (κ1) is 10.5.